The summed E-state index contributed by atoms with van der Waals surface area (Å²) in [5.41, 5.74) is 3.57. The molecule has 1 aliphatic heterocycles. The summed E-state index contributed by atoms with van der Waals surface area (Å²) < 4.78 is 70.8. The van der Waals surface area contributed by atoms with E-state index in [4.69, 9.17) is 29.3 Å². The largest absolute Gasteiger partial charge is 0.490 e. The second-order valence-corrected chi connectivity index (χ2v) is 10.8. The number of anilines is 1. The number of carboxylic acids is 2. The van der Waals surface area contributed by atoms with E-state index in [0.29, 0.717) is 36.5 Å². The van der Waals surface area contributed by atoms with Crippen LogP contribution in [0.25, 0.3) is 11.0 Å². The highest BCUT2D eigenvalue weighted by Gasteiger charge is 2.39. The molecule has 0 atom stereocenters. The third-order valence-corrected chi connectivity index (χ3v) is 6.93. The highest BCUT2D eigenvalue weighted by molar-refractivity contribution is 5.92. The van der Waals surface area contributed by atoms with E-state index in [1.165, 1.54) is 12.8 Å². The summed E-state index contributed by atoms with van der Waals surface area (Å²) in [4.78, 5) is 42.0. The molecule has 0 radical (unpaired) electrons. The molecule has 1 aliphatic carbocycles. The first kappa shape index (κ1) is 35.1. The number of aromatic nitrogens is 4. The Morgan fingerprint density at radius 2 is 1.56 bits per heavy atom. The Kier molecular flexibility index (Phi) is 11.0. The highest BCUT2D eigenvalue weighted by atomic mass is 19.4. The number of likely N-dealkylation sites (tertiary alicyclic amines) is 1. The molecule has 12 nitrogen and oxygen atoms in total. The van der Waals surface area contributed by atoms with Crippen molar-refractivity contribution in [2.45, 2.75) is 70.8 Å². The van der Waals surface area contributed by atoms with Gasteiger partial charge in [0.1, 0.15) is 11.3 Å². The van der Waals surface area contributed by atoms with Gasteiger partial charge in [0.25, 0.3) is 5.91 Å². The number of hydrogen-bond acceptors (Lipinski definition) is 8. The smallest absolute Gasteiger partial charge is 0.475 e. The third kappa shape index (κ3) is 9.81. The van der Waals surface area contributed by atoms with Gasteiger partial charge in [-0.05, 0) is 58.4 Å². The van der Waals surface area contributed by atoms with E-state index in [-0.39, 0.29) is 5.91 Å². The minimum Gasteiger partial charge on any atom is -0.475 e. The molecule has 0 aromatic carbocycles. The maximum Gasteiger partial charge on any atom is 0.490 e. The standard InChI is InChI=1S/C23H30N6O2.2C2HF3O2/c1-14(2)29-13-25-21-20(29)11-18(26-22(21)24-12-16-4-5-16)17-6-8-28(9-7-17)23(30)19-10-15(3)31-27-19;2*3-2(4,5)1(6)7/h10-11,13-14,16-17H,4-9,12H2,1-3H3,(H,24,26);2*(H,6,7). The zero-order valence-corrected chi connectivity index (χ0v) is 24.4. The number of rotatable bonds is 6. The molecular weight excluding hydrogens is 618 g/mol. The van der Waals surface area contributed by atoms with Crippen molar-refractivity contribution in [2.75, 3.05) is 25.0 Å². The van der Waals surface area contributed by atoms with E-state index in [2.05, 4.69) is 39.9 Å². The van der Waals surface area contributed by atoms with Crippen LogP contribution in [0.1, 0.15) is 73.4 Å². The second kappa shape index (κ2) is 14.2. The number of alkyl halides is 6. The molecule has 1 amide bonds. The lowest BCUT2D eigenvalue weighted by Crippen LogP contribution is -2.38. The van der Waals surface area contributed by atoms with Crippen molar-refractivity contribution in [3.63, 3.8) is 0 Å². The molecule has 0 unspecified atom stereocenters. The molecule has 0 spiro atoms. The number of nitrogens with one attached hydrogen (secondary N) is 1. The van der Waals surface area contributed by atoms with Crippen molar-refractivity contribution in [1.29, 1.82) is 0 Å². The van der Waals surface area contributed by atoms with Crippen LogP contribution in [0.4, 0.5) is 32.2 Å². The Labute approximate surface area is 252 Å². The average Bonchev–Trinajstić information content (AvgIpc) is 3.52. The zero-order valence-electron chi connectivity index (χ0n) is 24.4. The number of hydrogen-bond donors (Lipinski definition) is 3. The molecule has 1 saturated carbocycles. The maximum atomic E-state index is 12.7. The molecule has 45 heavy (non-hydrogen) atoms. The van der Waals surface area contributed by atoms with Crippen LogP contribution in [-0.2, 0) is 9.59 Å². The monoisotopic (exact) mass is 650 g/mol. The number of aliphatic carboxylic acids is 2. The van der Waals surface area contributed by atoms with Crippen LogP contribution >= 0.6 is 0 Å². The fourth-order valence-corrected chi connectivity index (χ4v) is 4.36. The molecule has 4 heterocycles. The first-order chi connectivity index (χ1) is 20.9. The van der Waals surface area contributed by atoms with Crippen molar-refractivity contribution >= 4 is 34.7 Å². The number of aryl methyl sites for hydroxylation is 1. The second-order valence-electron chi connectivity index (χ2n) is 10.8. The molecule has 3 aromatic rings. The SMILES string of the molecule is Cc1cc(C(=O)N2CCC(c3cc4c(ncn4C(C)C)c(NCC4CC4)n3)CC2)no1.O=C(O)C(F)(F)F.O=C(O)C(F)(F)F. The van der Waals surface area contributed by atoms with E-state index in [0.717, 1.165) is 47.8 Å². The fourth-order valence-electron chi connectivity index (χ4n) is 4.36. The Balaban J connectivity index is 0.000000331. The average molecular weight is 651 g/mol. The molecular formula is C27H32F6N6O6. The quantitative estimate of drug-likeness (QED) is 0.294. The number of carboxylic acid groups (broad SMARTS) is 2. The molecule has 3 aromatic heterocycles. The van der Waals surface area contributed by atoms with Gasteiger partial charge in [0.05, 0.1) is 11.8 Å². The number of carbonyl (C=O) groups is 3. The van der Waals surface area contributed by atoms with E-state index in [1.807, 2.05) is 11.2 Å². The summed E-state index contributed by atoms with van der Waals surface area (Å²) in [6.07, 6.45) is -3.87. The number of carbonyl (C=O) groups excluding carboxylic acids is 1. The lowest BCUT2D eigenvalue weighted by molar-refractivity contribution is -0.193. The number of halogens is 6. The lowest BCUT2D eigenvalue weighted by atomic mass is 9.92. The lowest BCUT2D eigenvalue weighted by Gasteiger charge is -2.31. The molecule has 1 saturated heterocycles. The van der Waals surface area contributed by atoms with Crippen LogP contribution in [0.2, 0.25) is 0 Å². The minimum absolute atomic E-state index is 0.0524. The first-order valence-corrected chi connectivity index (χ1v) is 13.8. The third-order valence-electron chi connectivity index (χ3n) is 6.93. The van der Waals surface area contributed by atoms with Crippen LogP contribution < -0.4 is 5.32 Å². The van der Waals surface area contributed by atoms with Crippen LogP contribution in [0.5, 0.6) is 0 Å². The van der Waals surface area contributed by atoms with Crippen molar-refractivity contribution in [3.8, 4) is 0 Å². The number of piperidine rings is 1. The van der Waals surface area contributed by atoms with Gasteiger partial charge in [0.2, 0.25) is 0 Å². The molecule has 248 valence electrons. The van der Waals surface area contributed by atoms with E-state index >= 15 is 0 Å². The van der Waals surface area contributed by atoms with Crippen LogP contribution in [0.15, 0.2) is 23.0 Å². The summed E-state index contributed by atoms with van der Waals surface area (Å²) in [5, 5.41) is 21.7. The number of fused-ring (bicyclic) bond motifs is 1. The summed E-state index contributed by atoms with van der Waals surface area (Å²) in [6.45, 7) is 8.51. The summed E-state index contributed by atoms with van der Waals surface area (Å²) in [6, 6.07) is 4.24. The summed E-state index contributed by atoms with van der Waals surface area (Å²) in [7, 11) is 0. The van der Waals surface area contributed by atoms with E-state index in [1.54, 1.807) is 13.0 Å². The minimum atomic E-state index is -5.08. The van der Waals surface area contributed by atoms with Gasteiger partial charge < -0.3 is 29.5 Å². The Morgan fingerprint density at radius 3 is 2.00 bits per heavy atom. The van der Waals surface area contributed by atoms with Crippen molar-refractivity contribution in [1.82, 2.24) is 24.6 Å². The predicted molar refractivity (Wildman–Crippen MR) is 146 cm³/mol. The zero-order chi connectivity index (χ0) is 33.7. The van der Waals surface area contributed by atoms with Crippen molar-refractivity contribution in [2.24, 2.45) is 5.92 Å². The molecule has 5 rings (SSSR count). The topological polar surface area (TPSA) is 164 Å². The van der Waals surface area contributed by atoms with E-state index in [9.17, 15) is 31.1 Å². The van der Waals surface area contributed by atoms with Crippen molar-refractivity contribution in [3.05, 3.63) is 35.6 Å². The Hall–Kier alpha value is -4.38. The van der Waals surface area contributed by atoms with Gasteiger partial charge in [-0.25, -0.2) is 19.6 Å². The molecule has 18 heteroatoms. The summed E-state index contributed by atoms with van der Waals surface area (Å²) >= 11 is 0. The van der Waals surface area contributed by atoms with Gasteiger partial charge in [-0.3, -0.25) is 4.79 Å². The molecule has 2 aliphatic rings. The van der Waals surface area contributed by atoms with Crippen LogP contribution in [0, 0.1) is 12.8 Å². The van der Waals surface area contributed by atoms with Gasteiger partial charge in [0, 0.05) is 43.4 Å². The summed E-state index contributed by atoms with van der Waals surface area (Å²) in [5.74, 6) is -2.92. The Bertz CT molecular complexity index is 1470. The fraction of sp³-hybridized carbons (Fsp3) is 0.556. The van der Waals surface area contributed by atoms with Crippen LogP contribution in [0.3, 0.4) is 0 Å². The van der Waals surface area contributed by atoms with Crippen LogP contribution in [-0.4, -0.2) is 84.6 Å². The van der Waals surface area contributed by atoms with Gasteiger partial charge in [-0.1, -0.05) is 5.16 Å². The number of pyridine rings is 1. The maximum absolute atomic E-state index is 12.7. The predicted octanol–water partition coefficient (Wildman–Crippen LogP) is 5.42. The van der Waals surface area contributed by atoms with Crippen molar-refractivity contribution < 1.29 is 55.5 Å². The van der Waals surface area contributed by atoms with Gasteiger partial charge in [-0.15, -0.1) is 0 Å². The number of amides is 1. The van der Waals surface area contributed by atoms with Gasteiger partial charge >= 0.3 is 24.3 Å². The normalized spacial score (nSPS) is 15.6. The molecule has 2 fully saturated rings. The molecule has 0 bridgehead atoms. The first-order valence-electron chi connectivity index (χ1n) is 13.8. The highest BCUT2D eigenvalue weighted by Crippen LogP contribution is 2.34. The number of nitrogens with zero attached hydrogens (tertiary/aromatic N) is 5. The van der Waals surface area contributed by atoms with Gasteiger partial charge in [0.15, 0.2) is 11.5 Å². The van der Waals surface area contributed by atoms with Gasteiger partial charge in [-0.2, -0.15) is 26.3 Å². The van der Waals surface area contributed by atoms with E-state index < -0.39 is 24.3 Å². The number of imidazole rings is 1. The Morgan fingerprint density at radius 1 is 1.00 bits per heavy atom. The molecule has 3 N–H and O–H groups in total.